The number of carbonyl (C=O) groups excluding carboxylic acids is 1. The SMILES string of the molecule is CC(CC(F)F)C(=O)N1CCC(C)(C)C1. The summed E-state index contributed by atoms with van der Waals surface area (Å²) < 4.78 is 24.2. The van der Waals surface area contributed by atoms with E-state index >= 15 is 0 Å². The zero-order valence-electron chi connectivity index (χ0n) is 9.59. The number of amides is 1. The van der Waals surface area contributed by atoms with E-state index in [0.717, 1.165) is 6.42 Å². The minimum atomic E-state index is -2.39. The zero-order valence-corrected chi connectivity index (χ0v) is 9.59. The Labute approximate surface area is 89.6 Å². The van der Waals surface area contributed by atoms with Gasteiger partial charge in [-0.3, -0.25) is 4.79 Å². The van der Waals surface area contributed by atoms with E-state index < -0.39 is 12.3 Å². The lowest BCUT2D eigenvalue weighted by Crippen LogP contribution is -2.35. The molecule has 0 saturated carbocycles. The second-order valence-electron chi connectivity index (χ2n) is 5.20. The van der Waals surface area contributed by atoms with Gasteiger partial charge in [0.1, 0.15) is 0 Å². The van der Waals surface area contributed by atoms with Crippen molar-refractivity contribution in [1.29, 1.82) is 0 Å². The molecule has 1 heterocycles. The van der Waals surface area contributed by atoms with E-state index in [1.165, 1.54) is 0 Å². The summed E-state index contributed by atoms with van der Waals surface area (Å²) in [6.45, 7) is 7.18. The van der Waals surface area contributed by atoms with Crippen molar-refractivity contribution < 1.29 is 13.6 Å². The van der Waals surface area contributed by atoms with Gasteiger partial charge in [-0.15, -0.1) is 0 Å². The lowest BCUT2D eigenvalue weighted by molar-refractivity contribution is -0.135. The second kappa shape index (κ2) is 4.45. The smallest absolute Gasteiger partial charge is 0.239 e. The molecule has 0 bridgehead atoms. The van der Waals surface area contributed by atoms with Gasteiger partial charge in [-0.1, -0.05) is 20.8 Å². The molecule has 0 aromatic heterocycles. The van der Waals surface area contributed by atoms with Gasteiger partial charge in [0.2, 0.25) is 12.3 Å². The summed E-state index contributed by atoms with van der Waals surface area (Å²) in [4.78, 5) is 13.5. The minimum Gasteiger partial charge on any atom is -0.342 e. The summed E-state index contributed by atoms with van der Waals surface area (Å²) in [5.41, 5.74) is 0.139. The molecule has 4 heteroatoms. The van der Waals surface area contributed by atoms with Crippen molar-refractivity contribution in [3.63, 3.8) is 0 Å². The maximum atomic E-state index is 12.1. The van der Waals surface area contributed by atoms with Crippen LogP contribution in [0.25, 0.3) is 0 Å². The minimum absolute atomic E-state index is 0.124. The molecule has 0 aromatic rings. The molecule has 0 aliphatic carbocycles. The third kappa shape index (κ3) is 3.43. The fourth-order valence-corrected chi connectivity index (χ4v) is 1.98. The van der Waals surface area contributed by atoms with Gasteiger partial charge in [0.15, 0.2) is 0 Å². The van der Waals surface area contributed by atoms with Gasteiger partial charge < -0.3 is 4.90 Å². The average Bonchev–Trinajstić information content (AvgIpc) is 2.43. The molecule has 1 rings (SSSR count). The third-order valence-corrected chi connectivity index (χ3v) is 2.94. The van der Waals surface area contributed by atoms with Gasteiger partial charge in [0.05, 0.1) is 0 Å². The van der Waals surface area contributed by atoms with Crippen LogP contribution in [0.15, 0.2) is 0 Å². The summed E-state index contributed by atoms with van der Waals surface area (Å²) in [6, 6.07) is 0. The van der Waals surface area contributed by atoms with E-state index in [2.05, 4.69) is 13.8 Å². The van der Waals surface area contributed by atoms with Crippen molar-refractivity contribution >= 4 is 5.91 Å². The number of hydrogen-bond acceptors (Lipinski definition) is 1. The van der Waals surface area contributed by atoms with Gasteiger partial charge >= 0.3 is 0 Å². The predicted molar refractivity (Wildman–Crippen MR) is 54.8 cm³/mol. The van der Waals surface area contributed by atoms with Crippen molar-refractivity contribution in [3.05, 3.63) is 0 Å². The van der Waals surface area contributed by atoms with Crippen molar-refractivity contribution in [2.24, 2.45) is 11.3 Å². The molecular weight excluding hydrogens is 200 g/mol. The Bertz CT molecular complexity index is 241. The molecule has 1 fully saturated rings. The normalized spacial score (nSPS) is 22.1. The Balaban J connectivity index is 2.48. The lowest BCUT2D eigenvalue weighted by Gasteiger charge is -2.22. The van der Waals surface area contributed by atoms with E-state index in [9.17, 15) is 13.6 Å². The molecule has 1 amide bonds. The van der Waals surface area contributed by atoms with Gasteiger partial charge in [0.25, 0.3) is 0 Å². The molecule has 88 valence electrons. The van der Waals surface area contributed by atoms with Gasteiger partial charge in [-0.05, 0) is 11.8 Å². The Morgan fingerprint density at radius 3 is 2.47 bits per heavy atom. The Hall–Kier alpha value is -0.670. The fourth-order valence-electron chi connectivity index (χ4n) is 1.98. The molecule has 0 aromatic carbocycles. The molecule has 1 saturated heterocycles. The van der Waals surface area contributed by atoms with Crippen molar-refractivity contribution in [3.8, 4) is 0 Å². The fraction of sp³-hybridized carbons (Fsp3) is 0.909. The molecule has 2 nitrogen and oxygen atoms in total. The highest BCUT2D eigenvalue weighted by molar-refractivity contribution is 5.78. The molecule has 15 heavy (non-hydrogen) atoms. The maximum Gasteiger partial charge on any atom is 0.239 e. The lowest BCUT2D eigenvalue weighted by atomic mass is 9.93. The first-order chi connectivity index (χ1) is 6.82. The highest BCUT2D eigenvalue weighted by atomic mass is 19.3. The summed E-state index contributed by atoms with van der Waals surface area (Å²) >= 11 is 0. The molecule has 1 unspecified atom stereocenters. The molecule has 0 radical (unpaired) electrons. The van der Waals surface area contributed by atoms with Crippen LogP contribution >= 0.6 is 0 Å². The topological polar surface area (TPSA) is 20.3 Å². The van der Waals surface area contributed by atoms with E-state index in [0.29, 0.717) is 13.1 Å². The Morgan fingerprint density at radius 1 is 1.47 bits per heavy atom. The van der Waals surface area contributed by atoms with Crippen LogP contribution in [-0.4, -0.2) is 30.3 Å². The monoisotopic (exact) mass is 219 g/mol. The number of hydrogen-bond donors (Lipinski definition) is 0. The third-order valence-electron chi connectivity index (χ3n) is 2.94. The van der Waals surface area contributed by atoms with Gasteiger partial charge in [-0.2, -0.15) is 0 Å². The van der Waals surface area contributed by atoms with E-state index in [-0.39, 0.29) is 17.7 Å². The van der Waals surface area contributed by atoms with Crippen LogP contribution < -0.4 is 0 Å². The van der Waals surface area contributed by atoms with Gasteiger partial charge in [0, 0.05) is 25.4 Å². The number of likely N-dealkylation sites (tertiary alicyclic amines) is 1. The standard InChI is InChI=1S/C11H19F2NO/c1-8(6-9(12)13)10(15)14-5-4-11(2,3)7-14/h8-9H,4-7H2,1-3H3. The van der Waals surface area contributed by atoms with Crippen LogP contribution in [0.3, 0.4) is 0 Å². The second-order valence-corrected chi connectivity index (χ2v) is 5.20. The Kier molecular flexibility index (Phi) is 3.68. The average molecular weight is 219 g/mol. The summed E-state index contributed by atoms with van der Waals surface area (Å²) in [7, 11) is 0. The van der Waals surface area contributed by atoms with E-state index in [1.54, 1.807) is 11.8 Å². The first-order valence-electron chi connectivity index (χ1n) is 5.39. The van der Waals surface area contributed by atoms with Crippen molar-refractivity contribution in [1.82, 2.24) is 4.90 Å². The predicted octanol–water partition coefficient (Wildman–Crippen LogP) is 2.54. The van der Waals surface area contributed by atoms with Crippen LogP contribution in [-0.2, 0) is 4.79 Å². The van der Waals surface area contributed by atoms with Crippen LogP contribution in [0, 0.1) is 11.3 Å². The van der Waals surface area contributed by atoms with Crippen molar-refractivity contribution in [2.45, 2.75) is 40.0 Å². The number of rotatable bonds is 3. The van der Waals surface area contributed by atoms with E-state index in [1.807, 2.05) is 0 Å². The van der Waals surface area contributed by atoms with Crippen LogP contribution in [0.4, 0.5) is 8.78 Å². The molecule has 1 aliphatic rings. The summed E-state index contributed by atoms with van der Waals surface area (Å²) in [5, 5.41) is 0. The highest BCUT2D eigenvalue weighted by Crippen LogP contribution is 2.30. The Morgan fingerprint density at radius 2 is 2.07 bits per heavy atom. The molecule has 0 spiro atoms. The zero-order chi connectivity index (χ0) is 11.6. The van der Waals surface area contributed by atoms with Crippen LogP contribution in [0.2, 0.25) is 0 Å². The molecule has 1 atom stereocenters. The first-order valence-corrected chi connectivity index (χ1v) is 5.39. The first kappa shape index (κ1) is 12.4. The number of halogens is 2. The van der Waals surface area contributed by atoms with Crippen molar-refractivity contribution in [2.75, 3.05) is 13.1 Å². The molecule has 0 N–H and O–H groups in total. The largest absolute Gasteiger partial charge is 0.342 e. The number of carbonyl (C=O) groups is 1. The van der Waals surface area contributed by atoms with Crippen LogP contribution in [0.1, 0.15) is 33.6 Å². The highest BCUT2D eigenvalue weighted by Gasteiger charge is 2.34. The van der Waals surface area contributed by atoms with E-state index in [4.69, 9.17) is 0 Å². The maximum absolute atomic E-state index is 12.1. The number of alkyl halides is 2. The van der Waals surface area contributed by atoms with Gasteiger partial charge in [-0.25, -0.2) is 8.78 Å². The quantitative estimate of drug-likeness (QED) is 0.714. The molecular formula is C11H19F2NO. The number of nitrogens with zero attached hydrogens (tertiary/aromatic N) is 1. The molecule has 1 aliphatic heterocycles. The van der Waals surface area contributed by atoms with Crippen LogP contribution in [0.5, 0.6) is 0 Å². The summed E-state index contributed by atoms with van der Waals surface area (Å²) in [6.07, 6.45) is -1.75. The summed E-state index contributed by atoms with van der Waals surface area (Å²) in [5.74, 6) is -0.681.